The highest BCUT2D eigenvalue weighted by molar-refractivity contribution is 7.92. The Bertz CT molecular complexity index is 2090. The van der Waals surface area contributed by atoms with Crippen molar-refractivity contribution in [1.82, 2.24) is 0 Å². The van der Waals surface area contributed by atoms with Crippen LogP contribution in [0.2, 0.25) is 0 Å². The number of ether oxygens (including phenoxy) is 3. The van der Waals surface area contributed by atoms with Gasteiger partial charge in [0.25, 0.3) is 10.1 Å². The molecule has 0 saturated heterocycles. The van der Waals surface area contributed by atoms with E-state index in [0.29, 0.717) is 30.1 Å². The molecule has 0 heterocycles. The summed E-state index contributed by atoms with van der Waals surface area (Å²) >= 11 is 0. The second-order valence-corrected chi connectivity index (χ2v) is 15.9. The van der Waals surface area contributed by atoms with Gasteiger partial charge in [0.05, 0.1) is 28.6 Å². The number of carboxylic acid groups (broad SMARTS) is 1. The van der Waals surface area contributed by atoms with Crippen LogP contribution in [0, 0.1) is 0 Å². The molecule has 1 unspecified atom stereocenters. The summed E-state index contributed by atoms with van der Waals surface area (Å²) in [6, 6.07) is 20.1. The molecule has 0 saturated carbocycles. The number of carbonyl (C=O) groups excluding carboxylic acids is 1. The number of hydrogen-bond acceptors (Lipinski definition) is 9. The predicted octanol–water partition coefficient (Wildman–Crippen LogP) is 8.45. The summed E-state index contributed by atoms with van der Waals surface area (Å²) in [7, 11) is -9.56. The molecule has 284 valence electrons. The minimum absolute atomic E-state index is 0.129. The largest absolute Gasteiger partial charge is 0.494 e. The van der Waals surface area contributed by atoms with Crippen LogP contribution in [0.3, 0.4) is 0 Å². The molecule has 0 spiro atoms. The molecule has 0 bridgehead atoms. The van der Waals surface area contributed by atoms with Gasteiger partial charge in [-0.3, -0.25) is 9.35 Å². The van der Waals surface area contributed by atoms with Crippen molar-refractivity contribution in [2.75, 3.05) is 13.2 Å². The summed E-state index contributed by atoms with van der Waals surface area (Å²) in [6.07, 6.45) is 5.78. The van der Waals surface area contributed by atoms with E-state index >= 15 is 0 Å². The molecule has 4 aromatic carbocycles. The highest BCUT2D eigenvalue weighted by Gasteiger charge is 2.30. The van der Waals surface area contributed by atoms with Crippen molar-refractivity contribution in [2.24, 2.45) is 0 Å². The van der Waals surface area contributed by atoms with Gasteiger partial charge in [0.2, 0.25) is 9.84 Å². The topological polar surface area (TPSA) is 171 Å². The summed E-state index contributed by atoms with van der Waals surface area (Å²) < 4.78 is 80.6. The summed E-state index contributed by atoms with van der Waals surface area (Å²) in [5.41, 5.74) is 1.41. The van der Waals surface area contributed by atoms with Gasteiger partial charge >= 0.3 is 11.9 Å². The third-order valence-electron chi connectivity index (χ3n) is 8.54. The van der Waals surface area contributed by atoms with E-state index in [-0.39, 0.29) is 33.8 Å². The van der Waals surface area contributed by atoms with E-state index in [1.165, 1.54) is 43.3 Å². The molecule has 53 heavy (non-hydrogen) atoms. The monoisotopic (exact) mass is 766 g/mol. The molecule has 2 N–H and O–H groups in total. The van der Waals surface area contributed by atoms with Crippen molar-refractivity contribution < 1.29 is 50.3 Å². The van der Waals surface area contributed by atoms with Gasteiger partial charge < -0.3 is 19.3 Å². The second kappa shape index (κ2) is 19.0. The number of esters is 1. The molecule has 13 heteroatoms. The predicted molar refractivity (Wildman–Crippen MR) is 199 cm³/mol. The Balaban J connectivity index is 1.77. The van der Waals surface area contributed by atoms with Gasteiger partial charge in [-0.05, 0) is 78.1 Å². The number of sulfone groups is 1. The average molecular weight is 767 g/mol. The molecule has 0 aliphatic heterocycles. The normalized spacial score (nSPS) is 12.3. The highest BCUT2D eigenvalue weighted by Crippen LogP contribution is 2.39. The fourth-order valence-corrected chi connectivity index (χ4v) is 8.40. The molecular formula is C40H46O11S2. The smallest absolute Gasteiger partial charge is 0.336 e. The maximum absolute atomic E-state index is 13.7. The van der Waals surface area contributed by atoms with Crippen LogP contribution in [0.15, 0.2) is 99.6 Å². The summed E-state index contributed by atoms with van der Waals surface area (Å²) in [5.74, 6) is -1.53. The number of benzene rings is 4. The first kappa shape index (κ1) is 41.2. The number of carboxylic acids is 1. The van der Waals surface area contributed by atoms with Crippen LogP contribution in [0.4, 0.5) is 0 Å². The fraction of sp³-hybridized carbons (Fsp3) is 0.350. The van der Waals surface area contributed by atoms with Crippen LogP contribution in [-0.2, 0) is 40.8 Å². The molecular weight excluding hydrogens is 721 g/mol. The molecule has 4 rings (SSSR count). The van der Waals surface area contributed by atoms with E-state index in [4.69, 9.17) is 14.2 Å². The lowest BCUT2D eigenvalue weighted by Crippen LogP contribution is -2.16. The SMILES string of the molecule is CCCCCCCOCc1ccc(C(=O)O)c(C(OC(C)=O)c2ccccc2-c2ccc(S(=O)(=O)c3ccc(OCCCC)cc3)c(S(=O)(=O)O)c2)c1. The Kier molecular flexibility index (Phi) is 14.7. The molecule has 0 aliphatic rings. The average Bonchev–Trinajstić information content (AvgIpc) is 3.13. The zero-order valence-corrected chi connectivity index (χ0v) is 31.7. The number of rotatable bonds is 20. The van der Waals surface area contributed by atoms with Gasteiger partial charge in [-0.2, -0.15) is 8.42 Å². The zero-order valence-electron chi connectivity index (χ0n) is 30.1. The Hall–Kier alpha value is -4.56. The maximum Gasteiger partial charge on any atom is 0.336 e. The van der Waals surface area contributed by atoms with Crippen LogP contribution < -0.4 is 4.74 Å². The lowest BCUT2D eigenvalue weighted by molar-refractivity contribution is -0.144. The Labute approximate surface area is 311 Å². The Morgan fingerprint density at radius 2 is 1.43 bits per heavy atom. The minimum Gasteiger partial charge on any atom is -0.494 e. The molecule has 1 atom stereocenters. The van der Waals surface area contributed by atoms with E-state index < -0.39 is 47.8 Å². The van der Waals surface area contributed by atoms with Gasteiger partial charge in [-0.15, -0.1) is 0 Å². The fourth-order valence-electron chi connectivity index (χ4n) is 5.84. The first-order chi connectivity index (χ1) is 25.3. The number of carbonyl (C=O) groups is 2. The molecule has 0 aliphatic carbocycles. The third-order valence-corrected chi connectivity index (χ3v) is 11.4. The zero-order chi connectivity index (χ0) is 38.6. The standard InChI is InChI=1S/C40H46O11S2/c1-4-6-8-9-12-23-49-27-29-15-21-35(40(42)43)36(25-29)39(51-28(3)41)34-14-11-10-13-33(34)30-16-22-37(38(26-30)53(46,47)48)52(44,45)32-19-17-31(18-20-32)50-24-7-5-2/h10-11,13-22,25-26,39H,4-9,12,23-24,27H2,1-3H3,(H,42,43)(H,46,47,48). The van der Waals surface area contributed by atoms with Crippen LogP contribution >= 0.6 is 0 Å². The van der Waals surface area contributed by atoms with Gasteiger partial charge in [-0.25, -0.2) is 13.2 Å². The van der Waals surface area contributed by atoms with E-state index in [0.717, 1.165) is 57.1 Å². The van der Waals surface area contributed by atoms with Crippen LogP contribution in [-0.4, -0.2) is 51.6 Å². The summed E-state index contributed by atoms with van der Waals surface area (Å²) in [5, 5.41) is 10.1. The van der Waals surface area contributed by atoms with Crippen molar-refractivity contribution in [3.05, 3.63) is 107 Å². The molecule has 0 aromatic heterocycles. The third kappa shape index (κ3) is 11.0. The number of hydrogen-bond donors (Lipinski definition) is 2. The first-order valence-corrected chi connectivity index (χ1v) is 20.5. The Morgan fingerprint density at radius 1 is 0.736 bits per heavy atom. The van der Waals surface area contributed by atoms with Gasteiger partial charge in [0.1, 0.15) is 10.6 Å². The first-order valence-electron chi connectivity index (χ1n) is 17.6. The lowest BCUT2D eigenvalue weighted by atomic mass is 9.89. The molecule has 0 fully saturated rings. The van der Waals surface area contributed by atoms with Crippen molar-refractivity contribution in [3.8, 4) is 16.9 Å². The quantitative estimate of drug-likeness (QED) is 0.0503. The van der Waals surface area contributed by atoms with Crippen LogP contribution in [0.1, 0.15) is 98.9 Å². The van der Waals surface area contributed by atoms with E-state index in [1.807, 2.05) is 6.92 Å². The molecule has 4 aromatic rings. The minimum atomic E-state index is -5.10. The van der Waals surface area contributed by atoms with Gasteiger partial charge in [0.15, 0.2) is 6.10 Å². The van der Waals surface area contributed by atoms with Crippen LogP contribution in [0.5, 0.6) is 5.75 Å². The van der Waals surface area contributed by atoms with Crippen molar-refractivity contribution in [3.63, 3.8) is 0 Å². The van der Waals surface area contributed by atoms with Crippen molar-refractivity contribution in [1.29, 1.82) is 0 Å². The van der Waals surface area contributed by atoms with Gasteiger partial charge in [-0.1, -0.05) is 82.3 Å². The molecule has 11 nitrogen and oxygen atoms in total. The van der Waals surface area contributed by atoms with Crippen molar-refractivity contribution in [2.45, 2.75) is 93.1 Å². The number of unbranched alkanes of at least 4 members (excludes halogenated alkanes) is 5. The highest BCUT2D eigenvalue weighted by atomic mass is 32.2. The van der Waals surface area contributed by atoms with Crippen LogP contribution in [0.25, 0.3) is 11.1 Å². The molecule has 0 radical (unpaired) electrons. The lowest BCUT2D eigenvalue weighted by Gasteiger charge is -2.23. The van der Waals surface area contributed by atoms with E-state index in [2.05, 4.69) is 6.92 Å². The molecule has 0 amide bonds. The van der Waals surface area contributed by atoms with E-state index in [1.54, 1.807) is 36.4 Å². The Morgan fingerprint density at radius 3 is 2.09 bits per heavy atom. The maximum atomic E-state index is 13.7. The van der Waals surface area contributed by atoms with E-state index in [9.17, 15) is 36.1 Å². The van der Waals surface area contributed by atoms with Gasteiger partial charge in [0, 0.05) is 24.7 Å². The summed E-state index contributed by atoms with van der Waals surface area (Å²) in [4.78, 5) is 23.2. The summed E-state index contributed by atoms with van der Waals surface area (Å²) in [6.45, 7) is 6.50. The van der Waals surface area contributed by atoms with Crippen molar-refractivity contribution >= 4 is 31.9 Å². The number of aromatic carboxylic acids is 1. The second-order valence-electron chi connectivity index (χ2n) is 12.6.